The van der Waals surface area contributed by atoms with Crippen molar-refractivity contribution >= 4 is 12.0 Å². The number of ether oxygens (including phenoxy) is 1. The Bertz CT molecular complexity index is 1040. The lowest BCUT2D eigenvalue weighted by Crippen LogP contribution is -2.34. The van der Waals surface area contributed by atoms with Crippen molar-refractivity contribution in [3.8, 4) is 16.9 Å². The van der Waals surface area contributed by atoms with Gasteiger partial charge < -0.3 is 9.84 Å². The first-order valence-electron chi connectivity index (χ1n) is 12.9. The summed E-state index contributed by atoms with van der Waals surface area (Å²) < 4.78 is 6.30. The summed E-state index contributed by atoms with van der Waals surface area (Å²) in [7, 11) is 0. The average molecular weight is 463 g/mol. The summed E-state index contributed by atoms with van der Waals surface area (Å²) in [4.78, 5) is 11.1. The van der Waals surface area contributed by atoms with Gasteiger partial charge in [0.05, 0.1) is 6.61 Å². The van der Waals surface area contributed by atoms with Crippen LogP contribution in [0.3, 0.4) is 0 Å². The first-order valence-corrected chi connectivity index (χ1v) is 12.9. The van der Waals surface area contributed by atoms with E-state index in [0.29, 0.717) is 6.61 Å². The largest absolute Gasteiger partial charge is 0.493 e. The maximum absolute atomic E-state index is 11.1. The highest BCUT2D eigenvalue weighted by atomic mass is 16.5. The molecule has 0 atom stereocenters. The van der Waals surface area contributed by atoms with Crippen LogP contribution in [-0.2, 0) is 15.6 Å². The van der Waals surface area contributed by atoms with E-state index in [4.69, 9.17) is 9.84 Å². The molecule has 1 N–H and O–H groups in total. The van der Waals surface area contributed by atoms with Crippen molar-refractivity contribution in [2.75, 3.05) is 6.61 Å². The van der Waals surface area contributed by atoms with E-state index in [-0.39, 0.29) is 10.8 Å². The van der Waals surface area contributed by atoms with Crippen LogP contribution in [0, 0.1) is 6.92 Å². The summed E-state index contributed by atoms with van der Waals surface area (Å²) in [5, 5.41) is 9.09. The zero-order valence-electron chi connectivity index (χ0n) is 22.0. The van der Waals surface area contributed by atoms with E-state index < -0.39 is 5.97 Å². The Kier molecular flexibility index (Phi) is 8.28. The number of hydrogen-bond acceptors (Lipinski definition) is 2. The van der Waals surface area contributed by atoms with Gasteiger partial charge in [-0.3, -0.25) is 0 Å². The Hall–Kier alpha value is -2.55. The molecule has 0 spiro atoms. The number of rotatable bonds is 10. The Balaban J connectivity index is 2.03. The molecule has 3 nitrogen and oxygen atoms in total. The number of aliphatic carboxylic acids is 1. The molecule has 2 aromatic rings. The van der Waals surface area contributed by atoms with Gasteiger partial charge in [-0.2, -0.15) is 0 Å². The van der Waals surface area contributed by atoms with E-state index in [0.717, 1.165) is 29.7 Å². The molecule has 0 aliphatic heterocycles. The van der Waals surface area contributed by atoms with E-state index in [1.165, 1.54) is 60.4 Å². The monoisotopic (exact) mass is 462 g/mol. The van der Waals surface area contributed by atoms with Crippen molar-refractivity contribution in [2.24, 2.45) is 0 Å². The van der Waals surface area contributed by atoms with Gasteiger partial charge in [-0.25, -0.2) is 4.79 Å². The topological polar surface area (TPSA) is 46.5 Å². The van der Waals surface area contributed by atoms with Gasteiger partial charge in [0.1, 0.15) is 5.75 Å². The Morgan fingerprint density at radius 2 is 1.59 bits per heavy atom. The second kappa shape index (κ2) is 10.8. The van der Waals surface area contributed by atoms with E-state index >= 15 is 0 Å². The lowest BCUT2D eigenvalue weighted by molar-refractivity contribution is -0.131. The molecule has 0 aromatic heterocycles. The van der Waals surface area contributed by atoms with Crippen LogP contribution in [0.4, 0.5) is 0 Å². The minimum atomic E-state index is -0.942. The molecule has 0 saturated carbocycles. The summed E-state index contributed by atoms with van der Waals surface area (Å²) >= 11 is 0. The molecule has 1 aliphatic rings. The lowest BCUT2D eigenvalue weighted by Gasteiger charge is -2.42. The quantitative estimate of drug-likeness (QED) is 0.284. The number of benzene rings is 2. The number of unbranched alkanes of at least 4 members (excludes halogenated alkanes) is 4. The highest BCUT2D eigenvalue weighted by Crippen LogP contribution is 2.48. The number of carboxylic acids is 1. The second-order valence-electron chi connectivity index (χ2n) is 11.2. The third kappa shape index (κ3) is 6.11. The van der Waals surface area contributed by atoms with Crippen molar-refractivity contribution in [2.45, 2.75) is 97.3 Å². The molecular formula is C31H42O3. The van der Waals surface area contributed by atoms with E-state index in [1.54, 1.807) is 6.08 Å². The van der Waals surface area contributed by atoms with Gasteiger partial charge in [0.15, 0.2) is 0 Å². The minimum absolute atomic E-state index is 0.119. The van der Waals surface area contributed by atoms with Crippen molar-refractivity contribution in [3.63, 3.8) is 0 Å². The van der Waals surface area contributed by atoms with E-state index in [2.05, 4.69) is 59.7 Å². The number of fused-ring (bicyclic) bond motifs is 1. The smallest absolute Gasteiger partial charge is 0.328 e. The zero-order chi connectivity index (χ0) is 24.9. The molecular weight excluding hydrogens is 420 g/mol. The normalized spacial score (nSPS) is 16.4. The third-order valence-electron chi connectivity index (χ3n) is 7.42. The van der Waals surface area contributed by atoms with Gasteiger partial charge in [-0.15, -0.1) is 0 Å². The van der Waals surface area contributed by atoms with Crippen LogP contribution >= 0.6 is 0 Å². The number of hydrogen-bond donors (Lipinski definition) is 1. The molecule has 0 amide bonds. The van der Waals surface area contributed by atoms with Gasteiger partial charge >= 0.3 is 5.97 Å². The van der Waals surface area contributed by atoms with Gasteiger partial charge in [0.25, 0.3) is 0 Å². The third-order valence-corrected chi connectivity index (χ3v) is 7.42. The first-order chi connectivity index (χ1) is 16.0. The van der Waals surface area contributed by atoms with Gasteiger partial charge in [0.2, 0.25) is 0 Å². The highest BCUT2D eigenvalue weighted by Gasteiger charge is 2.37. The molecule has 2 aromatic carbocycles. The standard InChI is InChI=1S/C31H42O3/c1-7-8-9-10-11-18-34-28-14-12-23(13-15-29(32)33)20-25(28)24-21-27-26(19-22(24)2)30(3,4)16-17-31(27,5)6/h12-15,19-21H,7-11,16-18H2,1-6H3,(H,32,33). The maximum atomic E-state index is 11.1. The van der Waals surface area contributed by atoms with Crippen LogP contribution in [0.15, 0.2) is 36.4 Å². The minimum Gasteiger partial charge on any atom is -0.493 e. The van der Waals surface area contributed by atoms with Gasteiger partial charge in [-0.1, -0.05) is 72.4 Å². The van der Waals surface area contributed by atoms with Crippen LogP contribution in [0.5, 0.6) is 5.75 Å². The molecule has 1 aliphatic carbocycles. The molecule has 0 heterocycles. The first kappa shape index (κ1) is 26.1. The maximum Gasteiger partial charge on any atom is 0.328 e. The number of carboxylic acid groups (broad SMARTS) is 1. The molecule has 0 unspecified atom stereocenters. The zero-order valence-corrected chi connectivity index (χ0v) is 22.0. The van der Waals surface area contributed by atoms with Crippen LogP contribution in [0.1, 0.15) is 102 Å². The Morgan fingerprint density at radius 3 is 2.24 bits per heavy atom. The Morgan fingerprint density at radius 1 is 0.941 bits per heavy atom. The fourth-order valence-corrected chi connectivity index (χ4v) is 5.06. The number of aryl methyl sites for hydroxylation is 1. The van der Waals surface area contributed by atoms with Crippen LogP contribution in [0.2, 0.25) is 0 Å². The van der Waals surface area contributed by atoms with Crippen LogP contribution < -0.4 is 4.74 Å². The molecule has 0 radical (unpaired) electrons. The van der Waals surface area contributed by atoms with Gasteiger partial charge in [0, 0.05) is 11.6 Å². The molecule has 0 bridgehead atoms. The molecule has 3 heteroatoms. The molecule has 184 valence electrons. The fourth-order valence-electron chi connectivity index (χ4n) is 5.06. The summed E-state index contributed by atoms with van der Waals surface area (Å²) in [5.74, 6) is -0.0678. The van der Waals surface area contributed by atoms with E-state index in [9.17, 15) is 4.79 Å². The summed E-state index contributed by atoms with van der Waals surface area (Å²) in [5.41, 5.74) is 7.47. The molecule has 0 saturated heterocycles. The molecule has 0 fully saturated rings. The molecule has 34 heavy (non-hydrogen) atoms. The lowest BCUT2D eigenvalue weighted by atomic mass is 9.62. The average Bonchev–Trinajstić information content (AvgIpc) is 2.78. The van der Waals surface area contributed by atoms with Crippen molar-refractivity contribution in [3.05, 3.63) is 58.7 Å². The predicted octanol–water partition coefficient (Wildman–Crippen LogP) is 8.46. The Labute approximate surface area is 206 Å². The van der Waals surface area contributed by atoms with Gasteiger partial charge in [-0.05, 0) is 89.1 Å². The van der Waals surface area contributed by atoms with Crippen LogP contribution in [-0.4, -0.2) is 17.7 Å². The highest BCUT2D eigenvalue weighted by molar-refractivity contribution is 5.86. The number of carbonyl (C=O) groups is 1. The summed E-state index contributed by atoms with van der Waals surface area (Å²) in [6, 6.07) is 10.8. The summed E-state index contributed by atoms with van der Waals surface area (Å²) in [6.07, 6.45) is 11.2. The predicted molar refractivity (Wildman–Crippen MR) is 143 cm³/mol. The van der Waals surface area contributed by atoms with Crippen molar-refractivity contribution < 1.29 is 14.6 Å². The fraction of sp³-hybridized carbons (Fsp3) is 0.516. The van der Waals surface area contributed by atoms with E-state index in [1.807, 2.05) is 12.1 Å². The SMILES string of the molecule is CCCCCCCOc1ccc(C=CC(=O)O)cc1-c1cc2c(cc1C)C(C)(C)CCC2(C)C. The summed E-state index contributed by atoms with van der Waals surface area (Å²) in [6.45, 7) is 14.5. The van der Waals surface area contributed by atoms with Crippen molar-refractivity contribution in [1.29, 1.82) is 0 Å². The second-order valence-corrected chi connectivity index (χ2v) is 11.2. The van der Waals surface area contributed by atoms with Crippen LogP contribution in [0.25, 0.3) is 17.2 Å². The molecule has 3 rings (SSSR count). The van der Waals surface area contributed by atoms with Crippen molar-refractivity contribution in [1.82, 2.24) is 0 Å².